The van der Waals surface area contributed by atoms with Crippen molar-refractivity contribution in [3.05, 3.63) is 35.7 Å². The molecule has 5 heteroatoms. The Labute approximate surface area is 125 Å². The molecule has 0 aliphatic rings. The van der Waals surface area contributed by atoms with Crippen molar-refractivity contribution in [2.75, 3.05) is 11.7 Å². The maximum Gasteiger partial charge on any atom is 0.0924 e. The van der Waals surface area contributed by atoms with Gasteiger partial charge in [0.15, 0.2) is 0 Å². The van der Waals surface area contributed by atoms with E-state index in [9.17, 15) is 5.21 Å². The van der Waals surface area contributed by atoms with Crippen LogP contribution in [0.5, 0.6) is 0 Å². The van der Waals surface area contributed by atoms with Gasteiger partial charge in [-0.05, 0) is 40.7 Å². The van der Waals surface area contributed by atoms with Gasteiger partial charge in [0, 0.05) is 11.8 Å². The van der Waals surface area contributed by atoms with Crippen molar-refractivity contribution in [1.82, 2.24) is 10.2 Å². The van der Waals surface area contributed by atoms with Crippen LogP contribution < -0.4 is 10.8 Å². The molecule has 0 spiro atoms. The zero-order valence-electron chi connectivity index (χ0n) is 13.1. The Bertz CT molecular complexity index is 561. The van der Waals surface area contributed by atoms with Gasteiger partial charge in [-0.15, -0.1) is 0 Å². The number of H-pyrrole nitrogens is 1. The Morgan fingerprint density at radius 2 is 1.71 bits per heavy atom. The lowest BCUT2D eigenvalue weighted by atomic mass is 9.89. The third kappa shape index (κ3) is 3.09. The van der Waals surface area contributed by atoms with E-state index in [1.807, 2.05) is 12.4 Å². The molecule has 1 aromatic heterocycles. The summed E-state index contributed by atoms with van der Waals surface area (Å²) >= 11 is 0. The quantitative estimate of drug-likeness (QED) is 0.582. The third-order valence-electron chi connectivity index (χ3n) is 3.68. The number of nitrogens with zero attached hydrogens (tertiary/aromatic N) is 2. The van der Waals surface area contributed by atoms with Gasteiger partial charge >= 0.3 is 0 Å². The van der Waals surface area contributed by atoms with Crippen LogP contribution in [-0.4, -0.2) is 22.1 Å². The summed E-state index contributed by atoms with van der Waals surface area (Å²) in [6, 6.07) is 4.21. The van der Waals surface area contributed by atoms with Crippen LogP contribution in [0.3, 0.4) is 0 Å². The van der Waals surface area contributed by atoms with Crippen LogP contribution in [-0.2, 0) is 0 Å². The van der Waals surface area contributed by atoms with Gasteiger partial charge in [-0.1, -0.05) is 27.7 Å². The molecule has 5 nitrogen and oxygen atoms in total. The molecular weight excluding hydrogens is 264 g/mol. The molecule has 0 bridgehead atoms. The van der Waals surface area contributed by atoms with E-state index in [2.05, 4.69) is 50.0 Å². The van der Waals surface area contributed by atoms with Crippen LogP contribution in [0.25, 0.3) is 11.1 Å². The standard InChI is InChI=1S/C16H24N4O/c1-10(2)14-5-12(13-7-18-19-8-13)6-15(11(3)4)16(14)20(21)9-17/h5-8,10-11,21H,9,17H2,1-4H3,(H,18,19). The normalized spacial score (nSPS) is 11.4. The molecule has 0 unspecified atom stereocenters. The average Bonchev–Trinajstić information content (AvgIpc) is 2.99. The van der Waals surface area contributed by atoms with Crippen LogP contribution in [0, 0.1) is 0 Å². The highest BCUT2D eigenvalue weighted by Crippen LogP contribution is 2.38. The van der Waals surface area contributed by atoms with Gasteiger partial charge in [-0.2, -0.15) is 5.10 Å². The van der Waals surface area contributed by atoms with Gasteiger partial charge in [0.05, 0.1) is 18.6 Å². The van der Waals surface area contributed by atoms with Crippen LogP contribution in [0.15, 0.2) is 24.5 Å². The molecule has 1 aromatic carbocycles. The van der Waals surface area contributed by atoms with E-state index in [0.29, 0.717) is 0 Å². The summed E-state index contributed by atoms with van der Waals surface area (Å²) in [6.07, 6.45) is 3.69. The third-order valence-corrected chi connectivity index (χ3v) is 3.68. The van der Waals surface area contributed by atoms with Crippen molar-refractivity contribution in [3.8, 4) is 11.1 Å². The number of hydroxylamine groups is 1. The fourth-order valence-electron chi connectivity index (χ4n) is 2.53. The second kappa shape index (κ2) is 6.28. The van der Waals surface area contributed by atoms with Gasteiger partial charge in [-0.3, -0.25) is 10.3 Å². The van der Waals surface area contributed by atoms with Crippen LogP contribution >= 0.6 is 0 Å². The molecule has 0 amide bonds. The minimum atomic E-state index is 0.0739. The van der Waals surface area contributed by atoms with Crippen LogP contribution in [0.2, 0.25) is 0 Å². The molecule has 4 N–H and O–H groups in total. The minimum Gasteiger partial charge on any atom is -0.312 e. The zero-order chi connectivity index (χ0) is 15.6. The Morgan fingerprint density at radius 3 is 2.10 bits per heavy atom. The van der Waals surface area contributed by atoms with Crippen molar-refractivity contribution in [2.45, 2.75) is 39.5 Å². The monoisotopic (exact) mass is 288 g/mol. The molecule has 2 aromatic rings. The molecule has 2 rings (SSSR count). The zero-order valence-corrected chi connectivity index (χ0v) is 13.1. The fraction of sp³-hybridized carbons (Fsp3) is 0.438. The Hall–Kier alpha value is -1.85. The van der Waals surface area contributed by atoms with E-state index in [1.165, 1.54) is 0 Å². The average molecular weight is 288 g/mol. The SMILES string of the molecule is CC(C)c1cc(-c2cn[nH]c2)cc(C(C)C)c1N(O)CN. The number of benzene rings is 1. The smallest absolute Gasteiger partial charge is 0.0924 e. The highest BCUT2D eigenvalue weighted by Gasteiger charge is 2.20. The molecule has 0 aliphatic carbocycles. The maximum atomic E-state index is 10.2. The Balaban J connectivity index is 2.69. The minimum absolute atomic E-state index is 0.0739. The second-order valence-corrected chi connectivity index (χ2v) is 5.88. The van der Waals surface area contributed by atoms with Crippen molar-refractivity contribution in [3.63, 3.8) is 0 Å². The van der Waals surface area contributed by atoms with Gasteiger partial charge in [0.1, 0.15) is 0 Å². The maximum absolute atomic E-state index is 10.2. The van der Waals surface area contributed by atoms with Crippen molar-refractivity contribution in [2.24, 2.45) is 5.73 Å². The van der Waals surface area contributed by atoms with Gasteiger partial charge in [0.25, 0.3) is 0 Å². The van der Waals surface area contributed by atoms with Gasteiger partial charge in [0.2, 0.25) is 0 Å². The second-order valence-electron chi connectivity index (χ2n) is 5.88. The number of hydrogen-bond acceptors (Lipinski definition) is 4. The topological polar surface area (TPSA) is 78.2 Å². The summed E-state index contributed by atoms with van der Waals surface area (Å²) in [4.78, 5) is 0. The Morgan fingerprint density at radius 1 is 1.14 bits per heavy atom. The molecular formula is C16H24N4O. The summed E-state index contributed by atoms with van der Waals surface area (Å²) in [7, 11) is 0. The first-order valence-electron chi connectivity index (χ1n) is 7.29. The number of nitrogens with two attached hydrogens (primary N) is 1. The Kier molecular flexibility index (Phi) is 4.65. The molecule has 0 fully saturated rings. The lowest BCUT2D eigenvalue weighted by molar-refractivity contribution is 0.255. The fourth-order valence-corrected chi connectivity index (χ4v) is 2.53. The number of nitrogens with one attached hydrogen (secondary N) is 1. The molecule has 0 saturated heterocycles. The van der Waals surface area contributed by atoms with E-state index < -0.39 is 0 Å². The van der Waals surface area contributed by atoms with E-state index in [0.717, 1.165) is 33.0 Å². The summed E-state index contributed by atoms with van der Waals surface area (Å²) in [5, 5.41) is 18.2. The first-order valence-corrected chi connectivity index (χ1v) is 7.29. The lowest BCUT2D eigenvalue weighted by Crippen LogP contribution is -2.28. The molecule has 0 saturated carbocycles. The van der Waals surface area contributed by atoms with Crippen molar-refractivity contribution >= 4 is 5.69 Å². The van der Waals surface area contributed by atoms with Gasteiger partial charge < -0.3 is 5.73 Å². The van der Waals surface area contributed by atoms with Crippen LogP contribution in [0.4, 0.5) is 5.69 Å². The number of rotatable bonds is 5. The largest absolute Gasteiger partial charge is 0.312 e. The highest BCUT2D eigenvalue weighted by molar-refractivity contribution is 5.72. The summed E-state index contributed by atoms with van der Waals surface area (Å²) in [6.45, 7) is 8.54. The summed E-state index contributed by atoms with van der Waals surface area (Å²) in [5.74, 6) is 0.566. The molecule has 0 atom stereocenters. The molecule has 21 heavy (non-hydrogen) atoms. The summed E-state index contributed by atoms with van der Waals surface area (Å²) < 4.78 is 0. The van der Waals surface area contributed by atoms with Crippen molar-refractivity contribution < 1.29 is 5.21 Å². The van der Waals surface area contributed by atoms with E-state index in [1.54, 1.807) is 0 Å². The number of aromatic amines is 1. The van der Waals surface area contributed by atoms with Crippen LogP contribution in [0.1, 0.15) is 50.7 Å². The highest BCUT2D eigenvalue weighted by atomic mass is 16.5. The van der Waals surface area contributed by atoms with E-state index >= 15 is 0 Å². The predicted molar refractivity (Wildman–Crippen MR) is 85.5 cm³/mol. The number of hydrogen-bond donors (Lipinski definition) is 3. The van der Waals surface area contributed by atoms with Gasteiger partial charge in [-0.25, -0.2) is 5.06 Å². The first-order chi connectivity index (χ1) is 9.95. The van der Waals surface area contributed by atoms with Crippen molar-refractivity contribution in [1.29, 1.82) is 0 Å². The molecule has 0 radical (unpaired) electrons. The predicted octanol–water partition coefficient (Wildman–Crippen LogP) is 3.44. The molecule has 0 aliphatic heterocycles. The lowest BCUT2D eigenvalue weighted by Gasteiger charge is -2.26. The number of anilines is 1. The van der Waals surface area contributed by atoms with E-state index in [4.69, 9.17) is 5.73 Å². The number of aromatic nitrogens is 2. The molecule has 114 valence electrons. The first kappa shape index (κ1) is 15.5. The van der Waals surface area contributed by atoms with E-state index in [-0.39, 0.29) is 18.5 Å². The molecule has 1 heterocycles. The summed E-state index contributed by atoms with van der Waals surface area (Å²) in [5.41, 5.74) is 10.8.